The first kappa shape index (κ1) is 26.4. The Bertz CT molecular complexity index is 1560. The summed E-state index contributed by atoms with van der Waals surface area (Å²) in [6.45, 7) is 2.51. The van der Waals surface area contributed by atoms with Crippen LogP contribution < -0.4 is 15.0 Å². The van der Waals surface area contributed by atoms with Crippen LogP contribution in [0.4, 0.5) is 11.4 Å². The van der Waals surface area contributed by atoms with E-state index in [1.54, 1.807) is 55.6 Å². The molecule has 1 heterocycles. The van der Waals surface area contributed by atoms with Gasteiger partial charge in [-0.05, 0) is 78.9 Å². The second kappa shape index (κ2) is 12.1. The zero-order valence-electron chi connectivity index (χ0n) is 22.1. The number of rotatable bonds is 5. The number of carbonyl (C=O) groups excluding carboxylic acids is 2. The van der Waals surface area contributed by atoms with Crippen molar-refractivity contribution in [1.82, 2.24) is 4.90 Å². The van der Waals surface area contributed by atoms with Crippen molar-refractivity contribution in [2.75, 3.05) is 43.5 Å². The van der Waals surface area contributed by atoms with Crippen molar-refractivity contribution in [3.8, 4) is 23.3 Å². The number of anilines is 2. The molecule has 1 aliphatic heterocycles. The molecule has 0 aromatic heterocycles. The van der Waals surface area contributed by atoms with Crippen LogP contribution in [-0.4, -0.2) is 55.1 Å². The number of methoxy groups -OCH3 is 1. The lowest BCUT2D eigenvalue weighted by molar-refractivity contribution is 0.0746. The Labute approximate surface area is 233 Å². The second-order valence-corrected chi connectivity index (χ2v) is 9.35. The van der Waals surface area contributed by atoms with Gasteiger partial charge in [0.1, 0.15) is 11.5 Å². The molecule has 0 radical (unpaired) electrons. The molecule has 0 aliphatic carbocycles. The Kier molecular flexibility index (Phi) is 7.98. The maximum Gasteiger partial charge on any atom is 0.255 e. The first-order valence-electron chi connectivity index (χ1n) is 13.0. The Hall–Kier alpha value is -5.22. The zero-order chi connectivity index (χ0) is 27.9. The third-order valence-electron chi connectivity index (χ3n) is 6.75. The Balaban J connectivity index is 1.19. The van der Waals surface area contributed by atoms with E-state index < -0.39 is 0 Å². The average molecular weight is 532 g/mol. The lowest BCUT2D eigenvalue weighted by Crippen LogP contribution is -2.49. The molecule has 200 valence electrons. The van der Waals surface area contributed by atoms with Gasteiger partial charge in [0.25, 0.3) is 11.8 Å². The molecule has 4 aromatic rings. The molecule has 1 fully saturated rings. The van der Waals surface area contributed by atoms with E-state index in [2.05, 4.69) is 22.1 Å². The first-order valence-corrected chi connectivity index (χ1v) is 13.0. The number of phenolic OH excluding ortho intramolecular Hbond substituents is 1. The molecule has 1 saturated heterocycles. The molecule has 4 aromatic carbocycles. The number of hydrogen-bond donors (Lipinski definition) is 2. The maximum atomic E-state index is 13.4. The van der Waals surface area contributed by atoms with E-state index in [0.717, 1.165) is 11.4 Å². The van der Waals surface area contributed by atoms with Crippen molar-refractivity contribution >= 4 is 23.2 Å². The monoisotopic (exact) mass is 531 g/mol. The quantitative estimate of drug-likeness (QED) is 0.354. The number of ether oxygens (including phenoxy) is 1. The lowest BCUT2D eigenvalue weighted by Gasteiger charge is -2.36. The molecular weight excluding hydrogens is 502 g/mol. The SMILES string of the molecule is COc1ccc(NC(=O)c2ccc(N3CCN(C(=O)c4ccccc4C#Cc4cccc(O)c4)CC3)cc2)cc1. The fraction of sp³-hybridized carbons (Fsp3) is 0.152. The average Bonchev–Trinajstić information content (AvgIpc) is 3.00. The smallest absolute Gasteiger partial charge is 0.255 e. The fourth-order valence-electron chi connectivity index (χ4n) is 4.54. The van der Waals surface area contributed by atoms with E-state index in [1.807, 2.05) is 53.4 Å². The molecule has 7 heteroatoms. The van der Waals surface area contributed by atoms with E-state index in [1.165, 1.54) is 0 Å². The minimum Gasteiger partial charge on any atom is -0.508 e. The molecule has 0 atom stereocenters. The molecule has 2 N–H and O–H groups in total. The number of nitrogens with zero attached hydrogens (tertiary/aromatic N) is 2. The standard InChI is InChI=1S/C33H29N3O4/c1-40-30-17-13-27(14-18-30)34-32(38)26-11-15-28(16-12-26)35-19-21-36(22-20-35)33(39)31-8-3-2-6-25(31)10-9-24-5-4-7-29(37)23-24/h2-8,11-18,23,37H,19-22H2,1H3,(H,34,38). The summed E-state index contributed by atoms with van der Waals surface area (Å²) in [5.74, 6) is 6.77. The second-order valence-electron chi connectivity index (χ2n) is 9.35. The summed E-state index contributed by atoms with van der Waals surface area (Å²) in [5.41, 5.74) is 4.17. The van der Waals surface area contributed by atoms with Crippen LogP contribution in [0.15, 0.2) is 97.1 Å². The van der Waals surface area contributed by atoms with Crippen LogP contribution in [0.2, 0.25) is 0 Å². The molecule has 1 aliphatic rings. The van der Waals surface area contributed by atoms with E-state index in [0.29, 0.717) is 54.1 Å². The van der Waals surface area contributed by atoms with Crippen molar-refractivity contribution in [1.29, 1.82) is 0 Å². The van der Waals surface area contributed by atoms with Gasteiger partial charge in [0.15, 0.2) is 0 Å². The summed E-state index contributed by atoms with van der Waals surface area (Å²) < 4.78 is 5.15. The van der Waals surface area contributed by atoms with Gasteiger partial charge in [0, 0.05) is 54.2 Å². The van der Waals surface area contributed by atoms with Gasteiger partial charge in [-0.15, -0.1) is 0 Å². The molecule has 7 nitrogen and oxygen atoms in total. The van der Waals surface area contributed by atoms with Crippen LogP contribution in [0.5, 0.6) is 11.5 Å². The third-order valence-corrected chi connectivity index (χ3v) is 6.75. The molecule has 40 heavy (non-hydrogen) atoms. The molecule has 5 rings (SSSR count). The molecule has 0 unspecified atom stereocenters. The van der Waals surface area contributed by atoms with Crippen molar-refractivity contribution in [2.45, 2.75) is 0 Å². The number of piperazine rings is 1. The van der Waals surface area contributed by atoms with Gasteiger partial charge in [-0.2, -0.15) is 0 Å². The molecule has 2 amide bonds. The predicted molar refractivity (Wildman–Crippen MR) is 156 cm³/mol. The van der Waals surface area contributed by atoms with Crippen molar-refractivity contribution in [3.05, 3.63) is 119 Å². The number of hydrogen-bond acceptors (Lipinski definition) is 5. The predicted octanol–water partition coefficient (Wildman–Crippen LogP) is 5.02. The Morgan fingerprint density at radius 1 is 0.825 bits per heavy atom. The van der Waals surface area contributed by atoms with Crippen LogP contribution in [0.1, 0.15) is 31.8 Å². The highest BCUT2D eigenvalue weighted by Crippen LogP contribution is 2.21. The zero-order valence-corrected chi connectivity index (χ0v) is 22.1. The maximum absolute atomic E-state index is 13.4. The number of carbonyl (C=O) groups is 2. The Morgan fingerprint density at radius 2 is 1.55 bits per heavy atom. The summed E-state index contributed by atoms with van der Waals surface area (Å²) in [4.78, 5) is 30.1. The minimum absolute atomic E-state index is 0.0500. The van der Waals surface area contributed by atoms with Crippen LogP contribution in [0, 0.1) is 11.8 Å². The number of nitrogens with one attached hydrogen (secondary N) is 1. The highest BCUT2D eigenvalue weighted by Gasteiger charge is 2.24. The molecular formula is C33H29N3O4. The van der Waals surface area contributed by atoms with Gasteiger partial charge < -0.3 is 25.0 Å². The molecule has 0 spiro atoms. The highest BCUT2D eigenvalue weighted by atomic mass is 16.5. The number of benzene rings is 4. The van der Waals surface area contributed by atoms with E-state index in [-0.39, 0.29) is 17.6 Å². The van der Waals surface area contributed by atoms with Gasteiger partial charge in [0.05, 0.1) is 12.7 Å². The van der Waals surface area contributed by atoms with Gasteiger partial charge in [0.2, 0.25) is 0 Å². The number of aromatic hydroxyl groups is 1. The Morgan fingerprint density at radius 3 is 2.25 bits per heavy atom. The van der Waals surface area contributed by atoms with Crippen molar-refractivity contribution in [3.63, 3.8) is 0 Å². The highest BCUT2D eigenvalue weighted by molar-refractivity contribution is 6.04. The number of amides is 2. The van der Waals surface area contributed by atoms with Crippen LogP contribution >= 0.6 is 0 Å². The van der Waals surface area contributed by atoms with E-state index in [9.17, 15) is 14.7 Å². The van der Waals surface area contributed by atoms with Crippen LogP contribution in [0.25, 0.3) is 0 Å². The summed E-state index contributed by atoms with van der Waals surface area (Å²) in [5, 5.41) is 12.6. The summed E-state index contributed by atoms with van der Waals surface area (Å²) in [7, 11) is 1.60. The lowest BCUT2D eigenvalue weighted by atomic mass is 10.1. The van der Waals surface area contributed by atoms with Crippen LogP contribution in [-0.2, 0) is 0 Å². The summed E-state index contributed by atoms with van der Waals surface area (Å²) in [6, 6.07) is 28.8. The van der Waals surface area contributed by atoms with Gasteiger partial charge in [-0.1, -0.05) is 30.0 Å². The van der Waals surface area contributed by atoms with E-state index in [4.69, 9.17) is 4.74 Å². The first-order chi connectivity index (χ1) is 19.5. The number of phenols is 1. The topological polar surface area (TPSA) is 82.1 Å². The normalized spacial score (nSPS) is 12.7. The largest absolute Gasteiger partial charge is 0.508 e. The van der Waals surface area contributed by atoms with Crippen molar-refractivity contribution in [2.24, 2.45) is 0 Å². The molecule has 0 bridgehead atoms. The molecule has 0 saturated carbocycles. The van der Waals surface area contributed by atoms with E-state index >= 15 is 0 Å². The fourth-order valence-corrected chi connectivity index (χ4v) is 4.54. The minimum atomic E-state index is -0.182. The third kappa shape index (κ3) is 6.25. The summed E-state index contributed by atoms with van der Waals surface area (Å²) >= 11 is 0. The van der Waals surface area contributed by atoms with Crippen molar-refractivity contribution < 1.29 is 19.4 Å². The van der Waals surface area contributed by atoms with Gasteiger partial charge in [-0.3, -0.25) is 9.59 Å². The van der Waals surface area contributed by atoms with Gasteiger partial charge >= 0.3 is 0 Å². The van der Waals surface area contributed by atoms with Crippen LogP contribution in [0.3, 0.4) is 0 Å². The van der Waals surface area contributed by atoms with Gasteiger partial charge in [-0.25, -0.2) is 0 Å². The summed E-state index contributed by atoms with van der Waals surface area (Å²) in [6.07, 6.45) is 0.